The number of aryl methyl sites for hydroxylation is 1. The molecule has 0 amide bonds. The Labute approximate surface area is 104 Å². The van der Waals surface area contributed by atoms with Gasteiger partial charge in [-0.2, -0.15) is 0 Å². The van der Waals surface area contributed by atoms with Crippen LogP contribution in [0.5, 0.6) is 0 Å². The van der Waals surface area contributed by atoms with E-state index in [2.05, 4.69) is 6.92 Å². The van der Waals surface area contributed by atoms with E-state index in [0.717, 1.165) is 24.5 Å². The molecule has 1 heterocycles. The van der Waals surface area contributed by atoms with Crippen LogP contribution in [0.2, 0.25) is 0 Å². The van der Waals surface area contributed by atoms with Crippen LogP contribution < -0.4 is 5.73 Å². The summed E-state index contributed by atoms with van der Waals surface area (Å²) in [5.41, 5.74) is 5.93. The molecule has 17 heavy (non-hydrogen) atoms. The van der Waals surface area contributed by atoms with Gasteiger partial charge in [0.15, 0.2) is 0 Å². The number of hydrogen-bond acceptors (Lipinski definition) is 3. The average Bonchev–Trinajstić information content (AvgIpc) is 2.69. The molecular weight excluding hydrogens is 214 g/mol. The fourth-order valence-corrected chi connectivity index (χ4v) is 1.84. The first-order chi connectivity index (χ1) is 8.15. The number of rotatable bonds is 8. The van der Waals surface area contributed by atoms with E-state index in [0.29, 0.717) is 0 Å². The van der Waals surface area contributed by atoms with E-state index in [1.165, 1.54) is 19.3 Å². The predicted octanol–water partition coefficient (Wildman–Crippen LogP) is 3.57. The van der Waals surface area contributed by atoms with E-state index in [-0.39, 0.29) is 12.1 Å². The Kier molecular flexibility index (Phi) is 6.30. The zero-order chi connectivity index (χ0) is 12.7. The SMILES string of the molecule is CCCCCCOC(c1ccc(C)o1)C(C)N. The van der Waals surface area contributed by atoms with Crippen molar-refractivity contribution < 1.29 is 9.15 Å². The van der Waals surface area contributed by atoms with Crippen molar-refractivity contribution in [1.82, 2.24) is 0 Å². The molecule has 1 rings (SSSR count). The maximum atomic E-state index is 5.93. The van der Waals surface area contributed by atoms with E-state index in [9.17, 15) is 0 Å². The number of hydrogen-bond donors (Lipinski definition) is 1. The molecule has 1 aromatic rings. The molecule has 2 unspecified atom stereocenters. The van der Waals surface area contributed by atoms with E-state index in [4.69, 9.17) is 14.9 Å². The summed E-state index contributed by atoms with van der Waals surface area (Å²) in [4.78, 5) is 0. The lowest BCUT2D eigenvalue weighted by molar-refractivity contribution is 0.0211. The molecule has 0 aliphatic heterocycles. The highest BCUT2D eigenvalue weighted by molar-refractivity contribution is 5.09. The first kappa shape index (κ1) is 14.3. The van der Waals surface area contributed by atoms with Crippen LogP contribution in [0, 0.1) is 6.92 Å². The minimum atomic E-state index is -0.120. The number of nitrogens with two attached hydrogens (primary N) is 1. The molecule has 0 radical (unpaired) electrons. The molecule has 3 nitrogen and oxygen atoms in total. The van der Waals surface area contributed by atoms with Gasteiger partial charge in [-0.05, 0) is 32.4 Å². The highest BCUT2D eigenvalue weighted by Crippen LogP contribution is 2.23. The Morgan fingerprint density at radius 3 is 2.59 bits per heavy atom. The topological polar surface area (TPSA) is 48.4 Å². The molecule has 2 atom stereocenters. The highest BCUT2D eigenvalue weighted by atomic mass is 16.5. The molecule has 0 saturated heterocycles. The lowest BCUT2D eigenvalue weighted by Gasteiger charge is -2.19. The molecule has 2 N–H and O–H groups in total. The molecule has 0 aliphatic carbocycles. The van der Waals surface area contributed by atoms with E-state index in [1.54, 1.807) is 0 Å². The van der Waals surface area contributed by atoms with Gasteiger partial charge < -0.3 is 14.9 Å². The van der Waals surface area contributed by atoms with Crippen molar-refractivity contribution in [2.45, 2.75) is 58.6 Å². The molecule has 3 heteroatoms. The highest BCUT2D eigenvalue weighted by Gasteiger charge is 2.19. The second-order valence-electron chi connectivity index (χ2n) is 4.66. The normalized spacial score (nSPS) is 14.8. The summed E-state index contributed by atoms with van der Waals surface area (Å²) >= 11 is 0. The van der Waals surface area contributed by atoms with Crippen LogP contribution in [-0.4, -0.2) is 12.6 Å². The predicted molar refractivity (Wildman–Crippen MR) is 69.9 cm³/mol. The van der Waals surface area contributed by atoms with Gasteiger partial charge in [-0.15, -0.1) is 0 Å². The smallest absolute Gasteiger partial charge is 0.134 e. The van der Waals surface area contributed by atoms with E-state index in [1.807, 2.05) is 26.0 Å². The zero-order valence-corrected chi connectivity index (χ0v) is 11.2. The largest absolute Gasteiger partial charge is 0.464 e. The molecular formula is C14H25NO2. The van der Waals surface area contributed by atoms with Gasteiger partial charge in [-0.25, -0.2) is 0 Å². The van der Waals surface area contributed by atoms with Crippen molar-refractivity contribution >= 4 is 0 Å². The average molecular weight is 239 g/mol. The third-order valence-electron chi connectivity index (χ3n) is 2.81. The van der Waals surface area contributed by atoms with E-state index >= 15 is 0 Å². The first-order valence-corrected chi connectivity index (χ1v) is 6.58. The van der Waals surface area contributed by atoms with Crippen LogP contribution >= 0.6 is 0 Å². The second-order valence-corrected chi connectivity index (χ2v) is 4.66. The van der Waals surface area contributed by atoms with Crippen LogP contribution in [0.1, 0.15) is 57.2 Å². The fraction of sp³-hybridized carbons (Fsp3) is 0.714. The maximum absolute atomic E-state index is 5.93. The summed E-state index contributed by atoms with van der Waals surface area (Å²) in [6, 6.07) is 3.85. The molecule has 98 valence electrons. The Morgan fingerprint density at radius 1 is 1.29 bits per heavy atom. The number of furan rings is 1. The second kappa shape index (κ2) is 7.51. The summed E-state index contributed by atoms with van der Waals surface area (Å²) in [7, 11) is 0. The molecule has 0 fully saturated rings. The third-order valence-corrected chi connectivity index (χ3v) is 2.81. The van der Waals surface area contributed by atoms with Crippen LogP contribution in [0.4, 0.5) is 0 Å². The van der Waals surface area contributed by atoms with E-state index < -0.39 is 0 Å². The first-order valence-electron chi connectivity index (χ1n) is 6.58. The summed E-state index contributed by atoms with van der Waals surface area (Å²) in [5, 5.41) is 0. The number of ether oxygens (including phenoxy) is 1. The summed E-state index contributed by atoms with van der Waals surface area (Å²) < 4.78 is 11.4. The van der Waals surface area contributed by atoms with Gasteiger partial charge in [-0.3, -0.25) is 0 Å². The lowest BCUT2D eigenvalue weighted by Crippen LogP contribution is -2.27. The van der Waals surface area contributed by atoms with Crippen LogP contribution in [0.15, 0.2) is 16.5 Å². The van der Waals surface area contributed by atoms with Crippen LogP contribution in [-0.2, 0) is 4.74 Å². The van der Waals surface area contributed by atoms with Crippen molar-refractivity contribution in [3.05, 3.63) is 23.7 Å². The minimum absolute atomic E-state index is 0.0493. The van der Waals surface area contributed by atoms with Crippen molar-refractivity contribution in [3.8, 4) is 0 Å². The maximum Gasteiger partial charge on any atom is 0.134 e. The summed E-state index contributed by atoms with van der Waals surface area (Å²) in [5.74, 6) is 1.74. The Hall–Kier alpha value is -0.800. The Bertz CT molecular complexity index is 307. The van der Waals surface area contributed by atoms with Gasteiger partial charge in [0, 0.05) is 12.6 Å². The molecule has 0 aliphatic rings. The lowest BCUT2D eigenvalue weighted by atomic mass is 10.1. The van der Waals surface area contributed by atoms with Gasteiger partial charge >= 0.3 is 0 Å². The molecule has 0 spiro atoms. The molecule has 0 aromatic carbocycles. The Morgan fingerprint density at radius 2 is 2.06 bits per heavy atom. The van der Waals surface area contributed by atoms with Crippen LogP contribution in [0.25, 0.3) is 0 Å². The van der Waals surface area contributed by atoms with Crippen molar-refractivity contribution in [2.75, 3.05) is 6.61 Å². The zero-order valence-electron chi connectivity index (χ0n) is 11.2. The number of unbranched alkanes of at least 4 members (excludes halogenated alkanes) is 3. The van der Waals surface area contributed by atoms with Gasteiger partial charge in [-0.1, -0.05) is 26.2 Å². The summed E-state index contributed by atoms with van der Waals surface area (Å²) in [6.07, 6.45) is 4.71. The van der Waals surface area contributed by atoms with Crippen LogP contribution in [0.3, 0.4) is 0 Å². The molecule has 1 aromatic heterocycles. The quantitative estimate of drug-likeness (QED) is 0.705. The van der Waals surface area contributed by atoms with Crippen molar-refractivity contribution in [1.29, 1.82) is 0 Å². The monoisotopic (exact) mass is 239 g/mol. The van der Waals surface area contributed by atoms with Gasteiger partial charge in [0.2, 0.25) is 0 Å². The molecule has 0 bridgehead atoms. The third kappa shape index (κ3) is 4.92. The van der Waals surface area contributed by atoms with Crippen molar-refractivity contribution in [2.24, 2.45) is 5.73 Å². The van der Waals surface area contributed by atoms with Gasteiger partial charge in [0.05, 0.1) is 0 Å². The molecule has 0 saturated carbocycles. The van der Waals surface area contributed by atoms with Gasteiger partial charge in [0.25, 0.3) is 0 Å². The Balaban J connectivity index is 2.39. The standard InChI is InChI=1S/C14H25NO2/c1-4-5-6-7-10-16-14(12(3)15)13-9-8-11(2)17-13/h8-9,12,14H,4-7,10,15H2,1-3H3. The summed E-state index contributed by atoms with van der Waals surface area (Å²) in [6.45, 7) is 6.85. The fourth-order valence-electron chi connectivity index (χ4n) is 1.84. The van der Waals surface area contributed by atoms with Crippen molar-refractivity contribution in [3.63, 3.8) is 0 Å². The minimum Gasteiger partial charge on any atom is -0.464 e. The van der Waals surface area contributed by atoms with Gasteiger partial charge in [0.1, 0.15) is 17.6 Å².